The minimum Gasteiger partial charge on any atom is -0.336 e. The van der Waals surface area contributed by atoms with Crippen molar-refractivity contribution in [3.05, 3.63) is 60.4 Å². The summed E-state index contributed by atoms with van der Waals surface area (Å²) in [5.74, 6) is 8.78. The number of aromatic nitrogens is 5. The Labute approximate surface area is 136 Å². The van der Waals surface area contributed by atoms with Crippen LogP contribution in [0.3, 0.4) is 0 Å². The van der Waals surface area contributed by atoms with Crippen LogP contribution in [0.15, 0.2) is 58.8 Å². The SMILES string of the molecule is Nn1c(CSc2ccccn2)nnc1CSc1ccccn1. The Kier molecular flexibility index (Phi) is 4.92. The Hall–Kier alpha value is -2.06. The number of hydrogen-bond donors (Lipinski definition) is 1. The summed E-state index contributed by atoms with van der Waals surface area (Å²) in [5, 5.41) is 10.2. The number of thioether (sulfide) groups is 2. The molecule has 0 aliphatic heterocycles. The standard InChI is InChI=1S/C14H14N6S2/c15-20-11(9-21-13-5-1-3-7-16-13)18-19-12(20)10-22-14-6-2-4-8-17-14/h1-8H,9-10,15H2. The number of hydrogen-bond acceptors (Lipinski definition) is 7. The second-order valence-electron chi connectivity index (χ2n) is 4.32. The van der Waals surface area contributed by atoms with Gasteiger partial charge in [-0.25, -0.2) is 14.6 Å². The Morgan fingerprint density at radius 2 is 1.32 bits per heavy atom. The highest BCUT2D eigenvalue weighted by Gasteiger charge is 2.11. The van der Waals surface area contributed by atoms with Gasteiger partial charge >= 0.3 is 0 Å². The lowest BCUT2D eigenvalue weighted by atomic mass is 10.5. The molecule has 0 atom stereocenters. The van der Waals surface area contributed by atoms with Crippen LogP contribution in [0.25, 0.3) is 0 Å². The fraction of sp³-hybridized carbons (Fsp3) is 0.143. The van der Waals surface area contributed by atoms with Crippen LogP contribution in [0.2, 0.25) is 0 Å². The molecule has 0 radical (unpaired) electrons. The summed E-state index contributed by atoms with van der Waals surface area (Å²) in [4.78, 5) is 8.52. The molecule has 6 nitrogen and oxygen atoms in total. The van der Waals surface area contributed by atoms with Crippen LogP contribution in [0.4, 0.5) is 0 Å². The van der Waals surface area contributed by atoms with Crippen molar-refractivity contribution >= 4 is 23.5 Å². The highest BCUT2D eigenvalue weighted by molar-refractivity contribution is 7.98. The van der Waals surface area contributed by atoms with Gasteiger partial charge in [-0.2, -0.15) is 0 Å². The van der Waals surface area contributed by atoms with Crippen molar-refractivity contribution in [2.75, 3.05) is 5.84 Å². The van der Waals surface area contributed by atoms with Crippen molar-refractivity contribution in [1.29, 1.82) is 0 Å². The van der Waals surface area contributed by atoms with Crippen LogP contribution < -0.4 is 5.84 Å². The second-order valence-corrected chi connectivity index (χ2v) is 6.31. The van der Waals surface area contributed by atoms with Gasteiger partial charge in [0.15, 0.2) is 11.6 Å². The normalized spacial score (nSPS) is 10.7. The third-order valence-corrected chi connectivity index (χ3v) is 4.69. The average Bonchev–Trinajstić information content (AvgIpc) is 2.93. The predicted octanol–water partition coefficient (Wildman–Crippen LogP) is 2.37. The van der Waals surface area contributed by atoms with E-state index in [-0.39, 0.29) is 0 Å². The van der Waals surface area contributed by atoms with Crippen LogP contribution in [-0.2, 0) is 11.5 Å². The van der Waals surface area contributed by atoms with Crippen molar-refractivity contribution in [2.45, 2.75) is 21.6 Å². The van der Waals surface area contributed by atoms with Gasteiger partial charge < -0.3 is 5.84 Å². The van der Waals surface area contributed by atoms with Crippen LogP contribution >= 0.6 is 23.5 Å². The lowest BCUT2D eigenvalue weighted by Gasteiger charge is -2.03. The molecule has 22 heavy (non-hydrogen) atoms. The molecular weight excluding hydrogens is 316 g/mol. The minimum absolute atomic E-state index is 0.634. The van der Waals surface area contributed by atoms with Gasteiger partial charge in [0.25, 0.3) is 0 Å². The zero-order chi connectivity index (χ0) is 15.2. The van der Waals surface area contributed by atoms with Crippen LogP contribution in [0.5, 0.6) is 0 Å². The van der Waals surface area contributed by atoms with Crippen molar-refractivity contribution < 1.29 is 0 Å². The van der Waals surface area contributed by atoms with E-state index in [4.69, 9.17) is 5.84 Å². The molecule has 0 fully saturated rings. The summed E-state index contributed by atoms with van der Waals surface area (Å²) in [5.41, 5.74) is 0. The number of nitrogens with two attached hydrogens (primary N) is 1. The van der Waals surface area contributed by atoms with E-state index in [2.05, 4.69) is 20.2 Å². The number of nitrogens with zero attached hydrogens (tertiary/aromatic N) is 5. The number of rotatable bonds is 6. The van der Waals surface area contributed by atoms with Gasteiger partial charge in [-0.15, -0.1) is 10.2 Å². The van der Waals surface area contributed by atoms with E-state index in [1.807, 2.05) is 36.4 Å². The van der Waals surface area contributed by atoms with E-state index in [0.717, 1.165) is 21.7 Å². The molecule has 3 aromatic heterocycles. The van der Waals surface area contributed by atoms with Crippen molar-refractivity contribution in [3.8, 4) is 0 Å². The van der Waals surface area contributed by atoms with Gasteiger partial charge in [0.2, 0.25) is 0 Å². The van der Waals surface area contributed by atoms with Gasteiger partial charge in [-0.05, 0) is 24.3 Å². The largest absolute Gasteiger partial charge is 0.336 e. The smallest absolute Gasteiger partial charge is 0.162 e. The molecule has 3 heterocycles. The summed E-state index contributed by atoms with van der Waals surface area (Å²) in [6, 6.07) is 11.6. The van der Waals surface area contributed by atoms with E-state index in [1.165, 1.54) is 0 Å². The maximum Gasteiger partial charge on any atom is 0.162 e. The molecular formula is C14H14N6S2. The first-order valence-corrected chi connectivity index (χ1v) is 8.56. The molecule has 0 saturated carbocycles. The first kappa shape index (κ1) is 14.9. The molecule has 3 aromatic rings. The third kappa shape index (κ3) is 3.77. The molecule has 3 rings (SSSR count). The Bertz CT molecular complexity index is 656. The highest BCUT2D eigenvalue weighted by atomic mass is 32.2. The summed E-state index contributed by atoms with van der Waals surface area (Å²) in [6.07, 6.45) is 3.54. The zero-order valence-electron chi connectivity index (χ0n) is 11.7. The highest BCUT2D eigenvalue weighted by Crippen LogP contribution is 2.21. The fourth-order valence-electron chi connectivity index (χ4n) is 1.70. The van der Waals surface area contributed by atoms with Gasteiger partial charge in [0.05, 0.1) is 21.6 Å². The van der Waals surface area contributed by atoms with E-state index in [1.54, 1.807) is 40.6 Å². The zero-order valence-corrected chi connectivity index (χ0v) is 13.3. The summed E-state index contributed by atoms with van der Waals surface area (Å²) >= 11 is 3.16. The van der Waals surface area contributed by atoms with E-state index in [9.17, 15) is 0 Å². The van der Waals surface area contributed by atoms with Crippen LogP contribution in [-0.4, -0.2) is 24.8 Å². The Morgan fingerprint density at radius 1 is 0.818 bits per heavy atom. The molecule has 2 N–H and O–H groups in total. The molecule has 0 aliphatic carbocycles. The van der Waals surface area contributed by atoms with E-state index >= 15 is 0 Å². The van der Waals surface area contributed by atoms with Gasteiger partial charge in [0.1, 0.15) is 0 Å². The van der Waals surface area contributed by atoms with Crippen LogP contribution in [0, 0.1) is 0 Å². The maximum absolute atomic E-state index is 6.06. The first-order chi connectivity index (χ1) is 10.8. The predicted molar refractivity (Wildman–Crippen MR) is 87.8 cm³/mol. The number of pyridine rings is 2. The summed E-state index contributed by atoms with van der Waals surface area (Å²) in [6.45, 7) is 0. The molecule has 0 aromatic carbocycles. The van der Waals surface area contributed by atoms with Crippen molar-refractivity contribution in [3.63, 3.8) is 0 Å². The summed E-state index contributed by atoms with van der Waals surface area (Å²) < 4.78 is 1.55. The molecule has 112 valence electrons. The lowest BCUT2D eigenvalue weighted by Crippen LogP contribution is -2.15. The first-order valence-electron chi connectivity index (χ1n) is 6.59. The third-order valence-electron chi connectivity index (χ3n) is 2.81. The Morgan fingerprint density at radius 3 is 1.73 bits per heavy atom. The quantitative estimate of drug-likeness (QED) is 0.549. The monoisotopic (exact) mass is 330 g/mol. The van der Waals surface area contributed by atoms with Crippen LogP contribution in [0.1, 0.15) is 11.6 Å². The maximum atomic E-state index is 6.06. The lowest BCUT2D eigenvalue weighted by molar-refractivity contribution is 0.873. The molecule has 0 saturated heterocycles. The van der Waals surface area contributed by atoms with Crippen molar-refractivity contribution in [2.24, 2.45) is 0 Å². The summed E-state index contributed by atoms with van der Waals surface area (Å²) in [7, 11) is 0. The van der Waals surface area contributed by atoms with Gasteiger partial charge in [0, 0.05) is 12.4 Å². The topological polar surface area (TPSA) is 82.5 Å². The molecule has 0 aliphatic rings. The second kappa shape index (κ2) is 7.28. The number of nitrogen functional groups attached to an aromatic ring is 1. The van der Waals surface area contributed by atoms with Crippen molar-refractivity contribution in [1.82, 2.24) is 24.8 Å². The van der Waals surface area contributed by atoms with E-state index < -0.39 is 0 Å². The van der Waals surface area contributed by atoms with Gasteiger partial charge in [-0.3, -0.25) is 0 Å². The molecule has 0 amide bonds. The average molecular weight is 330 g/mol. The van der Waals surface area contributed by atoms with E-state index in [0.29, 0.717) is 11.5 Å². The molecule has 0 spiro atoms. The molecule has 0 unspecified atom stereocenters. The molecule has 0 bridgehead atoms. The molecule has 8 heteroatoms. The minimum atomic E-state index is 0.634. The Balaban J connectivity index is 1.60. The van der Waals surface area contributed by atoms with Gasteiger partial charge in [-0.1, -0.05) is 35.7 Å². The fourth-order valence-corrected chi connectivity index (χ4v) is 3.27.